The predicted octanol–water partition coefficient (Wildman–Crippen LogP) is 7.15. The number of aromatic nitrogens is 1. The van der Waals surface area contributed by atoms with Gasteiger partial charge in [-0.15, -0.1) is 0 Å². The molecule has 5 aromatic rings. The largest absolute Gasteiger partial charge is 0.493 e. The number of nitro benzene ring substituents is 1. The highest BCUT2D eigenvalue weighted by Crippen LogP contribution is 2.37. The third-order valence-corrected chi connectivity index (χ3v) is 6.95. The van der Waals surface area contributed by atoms with E-state index in [1.807, 2.05) is 36.4 Å². The Labute approximate surface area is 252 Å². The molecule has 210 valence electrons. The number of fused-ring (bicyclic) bond motifs is 1. The number of aromatic amines is 1. The summed E-state index contributed by atoms with van der Waals surface area (Å²) in [7, 11) is 1.41. The molecule has 0 aliphatic heterocycles. The number of hydrogen-bond acceptors (Lipinski definition) is 7. The number of H-pyrrole nitrogens is 1. The first-order valence-electron chi connectivity index (χ1n) is 12.3. The van der Waals surface area contributed by atoms with Crippen molar-refractivity contribution in [3.63, 3.8) is 0 Å². The number of hydrazone groups is 1. The molecular formula is C30H20BrClN4O6. The molecule has 2 N–H and O–H groups in total. The van der Waals surface area contributed by atoms with Crippen molar-refractivity contribution in [2.75, 3.05) is 7.11 Å². The summed E-state index contributed by atoms with van der Waals surface area (Å²) in [5.41, 5.74) is 5.51. The zero-order chi connectivity index (χ0) is 29.8. The number of hydrogen-bond donors (Lipinski definition) is 2. The Bertz CT molecular complexity index is 1860. The summed E-state index contributed by atoms with van der Waals surface area (Å²) in [6, 6.07) is 22.8. The fraction of sp³-hybridized carbons (Fsp3) is 0.0333. The average molecular weight is 648 g/mol. The van der Waals surface area contributed by atoms with Crippen LogP contribution in [0.15, 0.2) is 94.5 Å². The smallest absolute Gasteiger partial charge is 0.343 e. The number of non-ortho nitro benzene ring substituents is 1. The Kier molecular flexibility index (Phi) is 8.32. The van der Waals surface area contributed by atoms with Gasteiger partial charge in [0.15, 0.2) is 11.5 Å². The number of nitrogens with zero attached hydrogens (tertiary/aromatic N) is 2. The first-order chi connectivity index (χ1) is 20.2. The van der Waals surface area contributed by atoms with Crippen LogP contribution in [0.2, 0.25) is 5.02 Å². The number of amides is 1. The molecule has 42 heavy (non-hydrogen) atoms. The van der Waals surface area contributed by atoms with E-state index in [1.54, 1.807) is 18.2 Å². The fourth-order valence-corrected chi connectivity index (χ4v) is 5.10. The van der Waals surface area contributed by atoms with E-state index in [1.165, 1.54) is 43.7 Å². The molecule has 0 spiro atoms. The lowest BCUT2D eigenvalue weighted by Gasteiger charge is -2.10. The Morgan fingerprint density at radius 3 is 2.45 bits per heavy atom. The van der Waals surface area contributed by atoms with Crippen LogP contribution in [0.3, 0.4) is 0 Å². The number of rotatable bonds is 8. The minimum absolute atomic E-state index is 0.135. The molecule has 0 bridgehead atoms. The molecule has 0 unspecified atom stereocenters. The molecule has 0 radical (unpaired) electrons. The number of methoxy groups -OCH3 is 1. The van der Waals surface area contributed by atoms with E-state index < -0.39 is 16.8 Å². The molecule has 0 fully saturated rings. The van der Waals surface area contributed by atoms with Gasteiger partial charge in [0, 0.05) is 27.6 Å². The zero-order valence-corrected chi connectivity index (χ0v) is 24.1. The van der Waals surface area contributed by atoms with E-state index >= 15 is 0 Å². The van der Waals surface area contributed by atoms with Gasteiger partial charge in [-0.2, -0.15) is 5.10 Å². The number of ether oxygens (including phenoxy) is 2. The van der Waals surface area contributed by atoms with Crippen LogP contribution in [0.5, 0.6) is 11.5 Å². The van der Waals surface area contributed by atoms with Crippen LogP contribution in [0.4, 0.5) is 5.69 Å². The summed E-state index contributed by atoms with van der Waals surface area (Å²) in [5, 5.41) is 16.2. The predicted molar refractivity (Wildman–Crippen MR) is 163 cm³/mol. The maximum absolute atomic E-state index is 13.3. The van der Waals surface area contributed by atoms with E-state index in [0.29, 0.717) is 27.4 Å². The van der Waals surface area contributed by atoms with E-state index in [9.17, 15) is 19.7 Å². The fourth-order valence-electron chi connectivity index (χ4n) is 4.24. The Morgan fingerprint density at radius 1 is 1.02 bits per heavy atom. The molecule has 12 heteroatoms. The SMILES string of the molecule is COc1cc(C=NNC(=O)c2[nH]c3c(Cl)cc(Br)cc3c2-c2ccccc2)ccc1OC(=O)c1ccc([N+](=O)[O-])cc1. The van der Waals surface area contributed by atoms with Crippen LogP contribution in [-0.4, -0.2) is 35.1 Å². The minimum atomic E-state index is -0.712. The number of halogens is 2. The van der Waals surface area contributed by atoms with Crippen molar-refractivity contribution in [3.8, 4) is 22.6 Å². The summed E-state index contributed by atoms with van der Waals surface area (Å²) in [6.45, 7) is 0. The molecule has 0 aliphatic rings. The first kappa shape index (κ1) is 28.5. The quantitative estimate of drug-likeness (QED) is 0.0604. The molecular weight excluding hydrogens is 628 g/mol. The van der Waals surface area contributed by atoms with Crippen molar-refractivity contribution in [2.24, 2.45) is 5.10 Å². The van der Waals surface area contributed by atoms with Crippen LogP contribution < -0.4 is 14.9 Å². The molecule has 1 aromatic heterocycles. The molecule has 0 saturated heterocycles. The first-order valence-corrected chi connectivity index (χ1v) is 13.5. The van der Waals surface area contributed by atoms with Crippen LogP contribution in [0.1, 0.15) is 26.4 Å². The highest BCUT2D eigenvalue weighted by Gasteiger charge is 2.21. The van der Waals surface area contributed by atoms with Gasteiger partial charge in [-0.1, -0.05) is 57.9 Å². The second-order valence-corrected chi connectivity index (χ2v) is 10.2. The number of carbonyl (C=O) groups excluding carboxylic acids is 2. The number of nitrogens with one attached hydrogen (secondary N) is 2. The van der Waals surface area contributed by atoms with Gasteiger partial charge in [0.2, 0.25) is 0 Å². The molecule has 10 nitrogen and oxygen atoms in total. The van der Waals surface area contributed by atoms with Crippen molar-refractivity contribution < 1.29 is 24.0 Å². The summed E-state index contributed by atoms with van der Waals surface area (Å²) in [5.74, 6) is -0.816. The van der Waals surface area contributed by atoms with Crippen LogP contribution in [0.25, 0.3) is 22.0 Å². The minimum Gasteiger partial charge on any atom is -0.493 e. The maximum atomic E-state index is 13.3. The summed E-state index contributed by atoms with van der Waals surface area (Å²) < 4.78 is 11.5. The van der Waals surface area contributed by atoms with Gasteiger partial charge in [0.25, 0.3) is 11.6 Å². The highest BCUT2D eigenvalue weighted by atomic mass is 79.9. The average Bonchev–Trinajstić information content (AvgIpc) is 3.38. The zero-order valence-electron chi connectivity index (χ0n) is 21.8. The van der Waals surface area contributed by atoms with Gasteiger partial charge in [-0.25, -0.2) is 10.2 Å². The highest BCUT2D eigenvalue weighted by molar-refractivity contribution is 9.10. The second kappa shape index (κ2) is 12.2. The third-order valence-electron chi connectivity index (χ3n) is 6.20. The van der Waals surface area contributed by atoms with Crippen molar-refractivity contribution in [1.29, 1.82) is 0 Å². The second-order valence-electron chi connectivity index (χ2n) is 8.85. The van der Waals surface area contributed by atoms with Crippen molar-refractivity contribution in [2.45, 2.75) is 0 Å². The Morgan fingerprint density at radius 2 is 1.76 bits per heavy atom. The lowest BCUT2D eigenvalue weighted by Crippen LogP contribution is -2.18. The lowest BCUT2D eigenvalue weighted by molar-refractivity contribution is -0.384. The Hall–Kier alpha value is -5.00. The maximum Gasteiger partial charge on any atom is 0.343 e. The van der Waals surface area contributed by atoms with Crippen molar-refractivity contribution >= 4 is 62.2 Å². The summed E-state index contributed by atoms with van der Waals surface area (Å²) >= 11 is 9.93. The van der Waals surface area contributed by atoms with E-state index in [-0.39, 0.29) is 22.7 Å². The number of benzene rings is 4. The van der Waals surface area contributed by atoms with Crippen molar-refractivity contribution in [1.82, 2.24) is 10.4 Å². The number of esters is 1. The van der Waals surface area contributed by atoms with Crippen molar-refractivity contribution in [3.05, 3.63) is 121 Å². The van der Waals surface area contributed by atoms with Crippen LogP contribution >= 0.6 is 27.5 Å². The normalized spacial score (nSPS) is 11.0. The molecule has 0 saturated carbocycles. The topological polar surface area (TPSA) is 136 Å². The van der Waals surface area contributed by atoms with E-state index in [0.717, 1.165) is 15.4 Å². The molecule has 0 atom stereocenters. The molecule has 1 heterocycles. The van der Waals surface area contributed by atoms with E-state index in [4.69, 9.17) is 21.1 Å². The van der Waals surface area contributed by atoms with Crippen LogP contribution in [0, 0.1) is 10.1 Å². The molecule has 0 aliphatic carbocycles. The lowest BCUT2D eigenvalue weighted by atomic mass is 10.0. The number of nitro groups is 1. The van der Waals surface area contributed by atoms with Gasteiger partial charge in [0.1, 0.15) is 5.69 Å². The van der Waals surface area contributed by atoms with Crippen LogP contribution in [-0.2, 0) is 0 Å². The standard InChI is InChI=1S/C30H20BrClN4O6/c1-41-25-13-17(7-12-24(25)42-30(38)19-8-10-21(11-9-19)36(39)40)16-33-35-29(37)28-26(18-5-3-2-4-6-18)22-14-20(31)15-23(32)27(22)34-28/h2-16,34H,1H3,(H,35,37). The monoisotopic (exact) mass is 646 g/mol. The Balaban J connectivity index is 1.34. The molecule has 1 amide bonds. The van der Waals surface area contributed by atoms with E-state index in [2.05, 4.69) is 31.4 Å². The summed E-state index contributed by atoms with van der Waals surface area (Å²) in [4.78, 5) is 39.2. The molecule has 5 rings (SSSR count). The third kappa shape index (κ3) is 6.02. The van der Waals surface area contributed by atoms with Gasteiger partial charge >= 0.3 is 5.97 Å². The molecule has 4 aromatic carbocycles. The van der Waals surface area contributed by atoms with Gasteiger partial charge < -0.3 is 14.5 Å². The summed E-state index contributed by atoms with van der Waals surface area (Å²) in [6.07, 6.45) is 1.41. The number of carbonyl (C=O) groups is 2. The van der Waals surface area contributed by atoms with Gasteiger partial charge in [-0.3, -0.25) is 14.9 Å². The van der Waals surface area contributed by atoms with Gasteiger partial charge in [-0.05, 0) is 53.6 Å². The van der Waals surface area contributed by atoms with Gasteiger partial charge in [0.05, 0.1) is 34.4 Å².